The van der Waals surface area contributed by atoms with Gasteiger partial charge in [0.1, 0.15) is 12.4 Å². The van der Waals surface area contributed by atoms with Gasteiger partial charge in [0.25, 0.3) is 0 Å². The van der Waals surface area contributed by atoms with Crippen molar-refractivity contribution in [2.24, 2.45) is 0 Å². The molecular weight excluding hydrogens is 268 g/mol. The molecule has 1 unspecified atom stereocenters. The van der Waals surface area contributed by atoms with E-state index in [0.29, 0.717) is 0 Å². The van der Waals surface area contributed by atoms with E-state index in [0.717, 1.165) is 30.9 Å². The van der Waals surface area contributed by atoms with Crippen molar-refractivity contribution < 1.29 is 4.79 Å². The molecule has 21 heavy (non-hydrogen) atoms. The highest BCUT2D eigenvalue weighted by molar-refractivity contribution is 5.76. The van der Waals surface area contributed by atoms with E-state index in [1.807, 2.05) is 18.0 Å². The van der Waals surface area contributed by atoms with Crippen molar-refractivity contribution in [3.8, 4) is 0 Å². The van der Waals surface area contributed by atoms with Crippen LogP contribution in [0.5, 0.6) is 0 Å². The van der Waals surface area contributed by atoms with E-state index in [9.17, 15) is 4.79 Å². The summed E-state index contributed by atoms with van der Waals surface area (Å²) in [6.07, 6.45) is 8.80. The summed E-state index contributed by atoms with van der Waals surface area (Å²) in [5.41, 5.74) is 0.841. The molecule has 1 amide bonds. The molecule has 1 saturated heterocycles. The molecule has 0 bridgehead atoms. The maximum Gasteiger partial charge on any atom is 0.244 e. The molecule has 2 aromatic heterocycles. The molecule has 0 saturated carbocycles. The lowest BCUT2D eigenvalue weighted by atomic mass is 10.1. The van der Waals surface area contributed by atoms with Crippen LogP contribution in [0, 0.1) is 0 Å². The molecule has 0 spiro atoms. The zero-order valence-electron chi connectivity index (χ0n) is 11.9. The van der Waals surface area contributed by atoms with Gasteiger partial charge in [0.15, 0.2) is 0 Å². The third-order valence-corrected chi connectivity index (χ3v) is 3.68. The van der Waals surface area contributed by atoms with Crippen LogP contribution in [0.25, 0.3) is 0 Å². The topological polar surface area (TPSA) is 75.9 Å². The molecule has 3 heterocycles. The number of aromatic nitrogens is 4. The Kier molecular flexibility index (Phi) is 3.81. The third kappa shape index (κ3) is 2.86. The van der Waals surface area contributed by atoms with E-state index in [4.69, 9.17) is 0 Å². The van der Waals surface area contributed by atoms with Crippen molar-refractivity contribution >= 4 is 11.7 Å². The number of hydrogen-bond acceptors (Lipinski definition) is 5. The smallest absolute Gasteiger partial charge is 0.244 e. The number of rotatable bonds is 4. The van der Waals surface area contributed by atoms with E-state index in [1.165, 1.54) is 0 Å². The minimum absolute atomic E-state index is 0.00821. The van der Waals surface area contributed by atoms with Crippen molar-refractivity contribution in [2.45, 2.75) is 25.4 Å². The molecular formula is C14H18N6O. The third-order valence-electron chi connectivity index (χ3n) is 3.68. The van der Waals surface area contributed by atoms with Gasteiger partial charge >= 0.3 is 0 Å². The van der Waals surface area contributed by atoms with Crippen LogP contribution in [0.15, 0.2) is 30.9 Å². The molecule has 2 aromatic rings. The molecule has 0 aromatic carbocycles. The number of nitrogens with one attached hydrogen (secondary N) is 1. The quantitative estimate of drug-likeness (QED) is 0.910. The van der Waals surface area contributed by atoms with Gasteiger partial charge in [-0.3, -0.25) is 14.5 Å². The second-order valence-electron chi connectivity index (χ2n) is 5.03. The summed E-state index contributed by atoms with van der Waals surface area (Å²) in [4.78, 5) is 23.0. The van der Waals surface area contributed by atoms with Gasteiger partial charge in [-0.05, 0) is 18.9 Å². The second kappa shape index (κ2) is 5.90. The Balaban J connectivity index is 1.76. The maximum absolute atomic E-state index is 12.5. The summed E-state index contributed by atoms with van der Waals surface area (Å²) in [5, 5.41) is 7.06. The summed E-state index contributed by atoms with van der Waals surface area (Å²) in [7, 11) is 1.81. The zero-order valence-corrected chi connectivity index (χ0v) is 11.9. The number of anilines is 1. The molecule has 1 N–H and O–H groups in total. The Hall–Kier alpha value is -2.44. The number of likely N-dealkylation sites (tertiary alicyclic amines) is 1. The summed E-state index contributed by atoms with van der Waals surface area (Å²) in [6.45, 7) is 1.03. The molecule has 1 aliphatic heterocycles. The zero-order chi connectivity index (χ0) is 14.7. The normalized spacial score (nSPS) is 18.0. The average Bonchev–Trinajstić information content (AvgIpc) is 3.18. The van der Waals surface area contributed by atoms with Gasteiger partial charge in [-0.2, -0.15) is 5.10 Å². The van der Waals surface area contributed by atoms with Gasteiger partial charge < -0.3 is 10.2 Å². The molecule has 1 fully saturated rings. The fraction of sp³-hybridized carbons (Fsp3) is 0.429. The van der Waals surface area contributed by atoms with Crippen molar-refractivity contribution in [2.75, 3.05) is 18.9 Å². The highest BCUT2D eigenvalue weighted by Gasteiger charge is 2.31. The van der Waals surface area contributed by atoms with Crippen LogP contribution in [-0.4, -0.2) is 44.1 Å². The fourth-order valence-corrected chi connectivity index (χ4v) is 2.66. The molecule has 0 radical (unpaired) electrons. The van der Waals surface area contributed by atoms with E-state index >= 15 is 0 Å². The molecule has 7 nitrogen and oxygen atoms in total. The van der Waals surface area contributed by atoms with Crippen molar-refractivity contribution in [3.63, 3.8) is 0 Å². The SMILES string of the molecule is CNc1cncc(C2CCCN2C(=O)Cn2cccn2)n1. The van der Waals surface area contributed by atoms with Crippen molar-refractivity contribution in [1.29, 1.82) is 0 Å². The standard InChI is InChI=1S/C14H18N6O/c1-15-13-9-16-8-11(18-13)12-4-2-7-20(12)14(21)10-19-6-3-5-17-19/h3,5-6,8-9,12H,2,4,7,10H2,1H3,(H,15,18). The minimum Gasteiger partial charge on any atom is -0.372 e. The molecule has 0 aliphatic carbocycles. The van der Waals surface area contributed by atoms with E-state index < -0.39 is 0 Å². The van der Waals surface area contributed by atoms with E-state index in [-0.39, 0.29) is 18.5 Å². The van der Waals surface area contributed by atoms with Crippen LogP contribution in [0.2, 0.25) is 0 Å². The largest absolute Gasteiger partial charge is 0.372 e. The van der Waals surface area contributed by atoms with Crippen LogP contribution < -0.4 is 5.32 Å². The number of carbonyl (C=O) groups excluding carboxylic acids is 1. The molecule has 1 atom stereocenters. The molecule has 3 rings (SSSR count). The lowest BCUT2D eigenvalue weighted by molar-refractivity contribution is -0.133. The Bertz CT molecular complexity index is 612. The van der Waals surface area contributed by atoms with E-state index in [1.54, 1.807) is 29.5 Å². The summed E-state index contributed by atoms with van der Waals surface area (Å²) in [6, 6.07) is 1.82. The number of hydrogen-bond donors (Lipinski definition) is 1. The lowest BCUT2D eigenvalue weighted by Crippen LogP contribution is -2.34. The number of nitrogens with zero attached hydrogens (tertiary/aromatic N) is 5. The molecule has 1 aliphatic rings. The van der Waals surface area contributed by atoms with Gasteiger partial charge in [-0.25, -0.2) is 4.98 Å². The van der Waals surface area contributed by atoms with Crippen molar-refractivity contribution in [1.82, 2.24) is 24.6 Å². The highest BCUT2D eigenvalue weighted by atomic mass is 16.2. The first-order valence-corrected chi connectivity index (χ1v) is 7.04. The van der Waals surface area contributed by atoms with Gasteiger partial charge in [0.2, 0.25) is 5.91 Å². The predicted octanol–water partition coefficient (Wildman–Crippen LogP) is 1.08. The Labute approximate surface area is 123 Å². The average molecular weight is 286 g/mol. The first kappa shape index (κ1) is 13.5. The molecule has 110 valence electrons. The first-order chi connectivity index (χ1) is 10.3. The minimum atomic E-state index is 0.00821. The predicted molar refractivity (Wildman–Crippen MR) is 77.5 cm³/mol. The lowest BCUT2D eigenvalue weighted by Gasteiger charge is -2.24. The first-order valence-electron chi connectivity index (χ1n) is 7.04. The van der Waals surface area contributed by atoms with Gasteiger partial charge in [0, 0.05) is 26.0 Å². The summed E-state index contributed by atoms with van der Waals surface area (Å²) in [5.74, 6) is 0.789. The van der Waals surface area contributed by atoms with Gasteiger partial charge in [-0.1, -0.05) is 0 Å². The summed E-state index contributed by atoms with van der Waals surface area (Å²) >= 11 is 0. The maximum atomic E-state index is 12.5. The Morgan fingerprint density at radius 3 is 3.14 bits per heavy atom. The highest BCUT2D eigenvalue weighted by Crippen LogP contribution is 2.31. The summed E-state index contributed by atoms with van der Waals surface area (Å²) < 4.78 is 1.65. The Morgan fingerprint density at radius 1 is 1.48 bits per heavy atom. The van der Waals surface area contributed by atoms with Crippen LogP contribution in [0.4, 0.5) is 5.82 Å². The van der Waals surface area contributed by atoms with Crippen LogP contribution in [0.3, 0.4) is 0 Å². The van der Waals surface area contributed by atoms with Crippen LogP contribution in [-0.2, 0) is 11.3 Å². The number of carbonyl (C=O) groups is 1. The monoisotopic (exact) mass is 286 g/mol. The Morgan fingerprint density at radius 2 is 2.38 bits per heavy atom. The van der Waals surface area contributed by atoms with Gasteiger partial charge in [0.05, 0.1) is 24.1 Å². The fourth-order valence-electron chi connectivity index (χ4n) is 2.66. The van der Waals surface area contributed by atoms with Gasteiger partial charge in [-0.15, -0.1) is 0 Å². The molecule has 7 heteroatoms. The second-order valence-corrected chi connectivity index (χ2v) is 5.03. The number of amides is 1. The van der Waals surface area contributed by atoms with Crippen molar-refractivity contribution in [3.05, 3.63) is 36.5 Å². The van der Waals surface area contributed by atoms with E-state index in [2.05, 4.69) is 20.4 Å². The van der Waals surface area contributed by atoms with Crippen LogP contribution in [0.1, 0.15) is 24.6 Å². The van der Waals surface area contributed by atoms with Crippen LogP contribution >= 0.6 is 0 Å².